The van der Waals surface area contributed by atoms with Gasteiger partial charge >= 0.3 is 6.36 Å². The Hall–Kier alpha value is -4.27. The van der Waals surface area contributed by atoms with Gasteiger partial charge in [0.2, 0.25) is 5.88 Å². The fourth-order valence-corrected chi connectivity index (χ4v) is 3.18. The van der Waals surface area contributed by atoms with Crippen LogP contribution in [0.15, 0.2) is 91.1 Å². The van der Waals surface area contributed by atoms with E-state index in [2.05, 4.69) is 15.2 Å². The first-order valence-corrected chi connectivity index (χ1v) is 10.3. The van der Waals surface area contributed by atoms with Crippen molar-refractivity contribution in [1.82, 2.24) is 9.78 Å². The molecule has 4 aromatic rings. The van der Waals surface area contributed by atoms with Crippen LogP contribution in [0.2, 0.25) is 0 Å². The molecule has 0 atom stereocenters. The Morgan fingerprint density at radius 3 is 2.12 bits per heavy atom. The predicted octanol–water partition coefficient (Wildman–Crippen LogP) is 5.66. The second-order valence-corrected chi connectivity index (χ2v) is 7.33. The lowest BCUT2D eigenvalue weighted by molar-refractivity contribution is -0.274. The van der Waals surface area contributed by atoms with Crippen LogP contribution >= 0.6 is 0 Å². The molecule has 0 aliphatic rings. The van der Waals surface area contributed by atoms with E-state index in [1.54, 1.807) is 10.9 Å². The number of nitrogens with zero attached hydrogens (tertiary/aromatic N) is 2. The third-order valence-electron chi connectivity index (χ3n) is 4.72. The summed E-state index contributed by atoms with van der Waals surface area (Å²) in [6.07, 6.45) is -3.22. The Morgan fingerprint density at radius 1 is 0.882 bits per heavy atom. The summed E-state index contributed by atoms with van der Waals surface area (Å²) in [6.45, 7) is 0.645. The summed E-state index contributed by atoms with van der Waals surface area (Å²) in [5.74, 6) is -0.741. The number of hydrogen-bond donors (Lipinski definition) is 1. The number of rotatable bonds is 8. The number of hydrogen-bond acceptors (Lipinski definition) is 4. The van der Waals surface area contributed by atoms with Crippen LogP contribution in [0, 0.1) is 0 Å². The first-order valence-electron chi connectivity index (χ1n) is 10.3. The maximum absolute atomic E-state index is 13.0. The van der Waals surface area contributed by atoms with Gasteiger partial charge < -0.3 is 14.8 Å². The normalized spacial score (nSPS) is 11.1. The van der Waals surface area contributed by atoms with E-state index < -0.39 is 12.3 Å². The van der Waals surface area contributed by atoms with E-state index in [0.717, 1.165) is 23.3 Å². The lowest BCUT2D eigenvalue weighted by Gasteiger charge is -2.10. The molecule has 0 spiro atoms. The molecule has 0 fully saturated rings. The van der Waals surface area contributed by atoms with Gasteiger partial charge in [-0.05, 0) is 35.4 Å². The molecule has 0 bridgehead atoms. The summed E-state index contributed by atoms with van der Waals surface area (Å²) in [4.78, 5) is 13.0. The molecule has 3 aromatic carbocycles. The molecule has 9 heteroatoms. The Morgan fingerprint density at radius 2 is 1.50 bits per heavy atom. The first-order chi connectivity index (χ1) is 16.4. The maximum atomic E-state index is 13.0. The summed E-state index contributed by atoms with van der Waals surface area (Å²) in [5, 5.41) is 7.08. The van der Waals surface area contributed by atoms with Crippen LogP contribution in [-0.4, -0.2) is 22.1 Å². The molecule has 0 saturated heterocycles. The highest BCUT2D eigenvalue weighted by molar-refractivity contribution is 6.05. The van der Waals surface area contributed by atoms with Crippen molar-refractivity contribution < 1.29 is 27.4 Å². The zero-order chi connectivity index (χ0) is 24.0. The number of benzene rings is 3. The standard InChI is InChI=1S/C25H20F3N3O3/c26-25(27,28)34-21-13-11-20(12-14-21)29-23(32)22-16-31(15-18-7-3-1-4-8-18)30-24(22)33-17-19-9-5-2-6-10-19/h1-14,16H,15,17H2,(H,29,32). The van der Waals surface area contributed by atoms with Crippen LogP contribution in [0.4, 0.5) is 18.9 Å². The largest absolute Gasteiger partial charge is 0.573 e. The van der Waals surface area contributed by atoms with E-state index in [9.17, 15) is 18.0 Å². The van der Waals surface area contributed by atoms with Crippen molar-refractivity contribution in [2.24, 2.45) is 0 Å². The highest BCUT2D eigenvalue weighted by atomic mass is 19.4. The molecule has 34 heavy (non-hydrogen) atoms. The zero-order valence-corrected chi connectivity index (χ0v) is 17.8. The van der Waals surface area contributed by atoms with Crippen molar-refractivity contribution in [3.63, 3.8) is 0 Å². The van der Waals surface area contributed by atoms with Gasteiger partial charge in [0.25, 0.3) is 5.91 Å². The SMILES string of the molecule is O=C(Nc1ccc(OC(F)(F)F)cc1)c1cn(Cc2ccccc2)nc1OCc1ccccc1. The van der Waals surface area contributed by atoms with Gasteiger partial charge in [-0.1, -0.05) is 60.7 Å². The van der Waals surface area contributed by atoms with Gasteiger partial charge in [0.15, 0.2) is 0 Å². The number of anilines is 1. The number of alkyl halides is 3. The van der Waals surface area contributed by atoms with Crippen LogP contribution in [-0.2, 0) is 13.2 Å². The number of carbonyl (C=O) groups excluding carboxylic acids is 1. The summed E-state index contributed by atoms with van der Waals surface area (Å²) in [7, 11) is 0. The molecule has 0 aliphatic heterocycles. The summed E-state index contributed by atoms with van der Waals surface area (Å²) >= 11 is 0. The Kier molecular flexibility index (Phi) is 6.82. The van der Waals surface area contributed by atoms with Gasteiger partial charge in [0.05, 0.1) is 6.54 Å². The Balaban J connectivity index is 1.52. The van der Waals surface area contributed by atoms with Crippen molar-refractivity contribution in [1.29, 1.82) is 0 Å². The molecular formula is C25H20F3N3O3. The van der Waals surface area contributed by atoms with Crippen molar-refractivity contribution >= 4 is 11.6 Å². The molecule has 174 valence electrons. The third-order valence-corrected chi connectivity index (χ3v) is 4.72. The topological polar surface area (TPSA) is 65.4 Å². The molecule has 0 aliphatic carbocycles. The molecule has 1 N–H and O–H groups in total. The van der Waals surface area contributed by atoms with Crippen LogP contribution < -0.4 is 14.8 Å². The fraction of sp³-hybridized carbons (Fsp3) is 0.120. The second kappa shape index (κ2) is 10.1. The molecule has 1 aromatic heterocycles. The van der Waals surface area contributed by atoms with Gasteiger partial charge in [-0.2, -0.15) is 0 Å². The summed E-state index contributed by atoms with van der Waals surface area (Å²) in [5.41, 5.74) is 2.39. The number of halogens is 3. The van der Waals surface area contributed by atoms with E-state index in [4.69, 9.17) is 4.74 Å². The number of ether oxygens (including phenoxy) is 2. The average Bonchev–Trinajstić information content (AvgIpc) is 3.22. The lowest BCUT2D eigenvalue weighted by atomic mass is 10.2. The first kappa shape index (κ1) is 22.9. The van der Waals surface area contributed by atoms with Crippen molar-refractivity contribution in [3.05, 3.63) is 108 Å². The number of carbonyl (C=O) groups is 1. The number of aromatic nitrogens is 2. The molecule has 1 heterocycles. The zero-order valence-electron chi connectivity index (χ0n) is 17.8. The summed E-state index contributed by atoms with van der Waals surface area (Å²) in [6, 6.07) is 23.9. The van der Waals surface area contributed by atoms with Crippen molar-refractivity contribution in [2.75, 3.05) is 5.32 Å². The van der Waals surface area contributed by atoms with E-state index in [0.29, 0.717) is 12.2 Å². The van der Waals surface area contributed by atoms with Crippen LogP contribution in [0.1, 0.15) is 21.5 Å². The van der Waals surface area contributed by atoms with Gasteiger partial charge in [0, 0.05) is 11.9 Å². The molecular weight excluding hydrogens is 447 g/mol. The van der Waals surface area contributed by atoms with Crippen LogP contribution in [0.5, 0.6) is 11.6 Å². The van der Waals surface area contributed by atoms with Gasteiger partial charge in [-0.25, -0.2) is 0 Å². The van der Waals surface area contributed by atoms with E-state index >= 15 is 0 Å². The van der Waals surface area contributed by atoms with Crippen LogP contribution in [0.3, 0.4) is 0 Å². The summed E-state index contributed by atoms with van der Waals surface area (Å²) < 4.78 is 48.4. The Bertz CT molecular complexity index is 1230. The van der Waals surface area contributed by atoms with Gasteiger partial charge in [0.1, 0.15) is 17.9 Å². The van der Waals surface area contributed by atoms with Gasteiger partial charge in [-0.3, -0.25) is 9.48 Å². The van der Waals surface area contributed by atoms with E-state index in [1.807, 2.05) is 60.7 Å². The maximum Gasteiger partial charge on any atom is 0.573 e. The highest BCUT2D eigenvalue weighted by Crippen LogP contribution is 2.25. The minimum Gasteiger partial charge on any atom is -0.471 e. The number of amides is 1. The van der Waals surface area contributed by atoms with Gasteiger partial charge in [-0.15, -0.1) is 18.3 Å². The minimum atomic E-state index is -4.79. The molecule has 0 radical (unpaired) electrons. The molecule has 0 saturated carbocycles. The van der Waals surface area contributed by atoms with Crippen molar-refractivity contribution in [3.8, 4) is 11.6 Å². The average molecular weight is 467 g/mol. The molecule has 4 rings (SSSR count). The highest BCUT2D eigenvalue weighted by Gasteiger charge is 2.31. The smallest absolute Gasteiger partial charge is 0.471 e. The number of nitrogens with one attached hydrogen (secondary N) is 1. The Labute approximate surface area is 193 Å². The fourth-order valence-electron chi connectivity index (χ4n) is 3.18. The quantitative estimate of drug-likeness (QED) is 0.363. The second-order valence-electron chi connectivity index (χ2n) is 7.33. The van der Waals surface area contributed by atoms with Crippen molar-refractivity contribution in [2.45, 2.75) is 19.5 Å². The lowest BCUT2D eigenvalue weighted by Crippen LogP contribution is -2.17. The monoisotopic (exact) mass is 467 g/mol. The molecule has 0 unspecified atom stereocenters. The predicted molar refractivity (Wildman–Crippen MR) is 120 cm³/mol. The van der Waals surface area contributed by atoms with Crippen LogP contribution in [0.25, 0.3) is 0 Å². The third kappa shape index (κ3) is 6.38. The minimum absolute atomic E-state index is 0.148. The van der Waals surface area contributed by atoms with E-state index in [1.165, 1.54) is 12.1 Å². The van der Waals surface area contributed by atoms with E-state index in [-0.39, 0.29) is 23.8 Å². The molecule has 1 amide bonds. The molecule has 6 nitrogen and oxygen atoms in total.